The number of carbonyl (C=O) groups is 3. The molecule has 4 aromatic rings. The van der Waals surface area contributed by atoms with Crippen molar-refractivity contribution in [2.75, 3.05) is 11.5 Å². The van der Waals surface area contributed by atoms with E-state index in [1.165, 1.54) is 6.08 Å². The first-order valence-corrected chi connectivity index (χ1v) is 14.0. The molecule has 0 saturated carbocycles. The first-order chi connectivity index (χ1) is 20.4. The Hall–Kier alpha value is -4.89. The normalized spacial score (nSPS) is 14.1. The van der Waals surface area contributed by atoms with Crippen LogP contribution in [0.5, 0.6) is 17.2 Å². The highest BCUT2D eigenvalue weighted by Gasteiger charge is 2.36. The van der Waals surface area contributed by atoms with E-state index in [1.54, 1.807) is 42.5 Å². The molecule has 0 radical (unpaired) electrons. The summed E-state index contributed by atoms with van der Waals surface area (Å²) in [5, 5.41) is 2.25. The van der Waals surface area contributed by atoms with E-state index in [4.69, 9.17) is 14.2 Å². The van der Waals surface area contributed by atoms with Gasteiger partial charge in [0.1, 0.15) is 24.5 Å². The number of anilines is 1. The van der Waals surface area contributed by atoms with Crippen molar-refractivity contribution in [3.05, 3.63) is 124 Å². The molecule has 1 N–H and O–H groups in total. The summed E-state index contributed by atoms with van der Waals surface area (Å²) in [5.41, 5.74) is 2.64. The van der Waals surface area contributed by atoms with Crippen molar-refractivity contribution in [1.29, 1.82) is 0 Å². The largest absolute Gasteiger partial charge is 0.490 e. The van der Waals surface area contributed by atoms with Gasteiger partial charge in [-0.2, -0.15) is 0 Å². The van der Waals surface area contributed by atoms with Crippen LogP contribution in [-0.2, 0) is 22.8 Å². The highest BCUT2D eigenvalue weighted by Crippen LogP contribution is 2.31. The van der Waals surface area contributed by atoms with Gasteiger partial charge in [-0.1, -0.05) is 64.5 Å². The fourth-order valence-corrected chi connectivity index (χ4v) is 4.50. The third-order valence-corrected chi connectivity index (χ3v) is 6.86. The Kier molecular flexibility index (Phi) is 8.99. The number of barbiturate groups is 1. The van der Waals surface area contributed by atoms with Crippen LogP contribution in [0.15, 0.2) is 107 Å². The second-order valence-electron chi connectivity index (χ2n) is 9.28. The van der Waals surface area contributed by atoms with Gasteiger partial charge in [-0.25, -0.2) is 9.69 Å². The van der Waals surface area contributed by atoms with E-state index in [2.05, 4.69) is 21.2 Å². The van der Waals surface area contributed by atoms with E-state index in [0.29, 0.717) is 48.3 Å². The third-order valence-electron chi connectivity index (χ3n) is 6.33. The second kappa shape index (κ2) is 13.2. The van der Waals surface area contributed by atoms with Crippen LogP contribution in [0.4, 0.5) is 10.5 Å². The van der Waals surface area contributed by atoms with E-state index in [0.717, 1.165) is 20.5 Å². The Morgan fingerprint density at radius 3 is 2.17 bits per heavy atom. The quantitative estimate of drug-likeness (QED) is 0.156. The first-order valence-electron chi connectivity index (χ1n) is 13.2. The topological polar surface area (TPSA) is 94.2 Å². The number of hydrogen-bond donors (Lipinski definition) is 1. The molecule has 42 heavy (non-hydrogen) atoms. The molecule has 0 aromatic heterocycles. The van der Waals surface area contributed by atoms with Gasteiger partial charge in [-0.3, -0.25) is 14.9 Å². The molecule has 4 amide bonds. The minimum atomic E-state index is -0.827. The molecule has 0 aliphatic carbocycles. The highest BCUT2D eigenvalue weighted by atomic mass is 79.9. The van der Waals surface area contributed by atoms with Crippen LogP contribution in [0, 0.1) is 0 Å². The zero-order chi connectivity index (χ0) is 29.5. The van der Waals surface area contributed by atoms with Crippen LogP contribution < -0.4 is 24.4 Å². The maximum Gasteiger partial charge on any atom is 0.335 e. The molecule has 1 fully saturated rings. The van der Waals surface area contributed by atoms with Gasteiger partial charge in [-0.15, -0.1) is 0 Å². The summed E-state index contributed by atoms with van der Waals surface area (Å²) in [6.45, 7) is 2.95. The summed E-state index contributed by atoms with van der Waals surface area (Å²) >= 11 is 3.42. The molecule has 1 aliphatic rings. The van der Waals surface area contributed by atoms with Crippen molar-refractivity contribution in [2.24, 2.45) is 0 Å². The molecule has 8 nitrogen and oxygen atoms in total. The summed E-state index contributed by atoms with van der Waals surface area (Å²) in [6.07, 6.45) is 1.43. The second-order valence-corrected chi connectivity index (χ2v) is 10.2. The van der Waals surface area contributed by atoms with Gasteiger partial charge in [0.15, 0.2) is 11.5 Å². The Morgan fingerprint density at radius 2 is 1.45 bits per heavy atom. The summed E-state index contributed by atoms with van der Waals surface area (Å²) in [4.78, 5) is 39.7. The summed E-state index contributed by atoms with van der Waals surface area (Å²) in [7, 11) is 0. The van der Waals surface area contributed by atoms with Gasteiger partial charge in [0.05, 0.1) is 12.3 Å². The van der Waals surface area contributed by atoms with Crippen LogP contribution in [0.3, 0.4) is 0 Å². The molecule has 212 valence electrons. The smallest absolute Gasteiger partial charge is 0.335 e. The molecule has 1 aliphatic heterocycles. The zero-order valence-electron chi connectivity index (χ0n) is 22.7. The number of carbonyl (C=O) groups excluding carboxylic acids is 3. The monoisotopic (exact) mass is 626 g/mol. The zero-order valence-corrected chi connectivity index (χ0v) is 24.3. The van der Waals surface area contributed by atoms with Crippen LogP contribution >= 0.6 is 15.9 Å². The number of halogens is 1. The van der Waals surface area contributed by atoms with E-state index in [1.807, 2.05) is 61.5 Å². The predicted octanol–water partition coefficient (Wildman–Crippen LogP) is 6.67. The van der Waals surface area contributed by atoms with E-state index >= 15 is 0 Å². The molecule has 0 spiro atoms. The first kappa shape index (κ1) is 28.6. The summed E-state index contributed by atoms with van der Waals surface area (Å²) in [6, 6.07) is 28.3. The average molecular weight is 627 g/mol. The number of ether oxygens (including phenoxy) is 3. The van der Waals surface area contributed by atoms with Gasteiger partial charge >= 0.3 is 6.03 Å². The van der Waals surface area contributed by atoms with Gasteiger partial charge in [0, 0.05) is 4.47 Å². The van der Waals surface area contributed by atoms with Crippen LogP contribution in [-0.4, -0.2) is 24.5 Å². The lowest BCUT2D eigenvalue weighted by Crippen LogP contribution is -2.54. The Balaban J connectivity index is 1.33. The fraction of sp³-hybridized carbons (Fsp3) is 0.121. The Bertz CT molecular complexity index is 1620. The number of nitrogens with zero attached hydrogens (tertiary/aromatic N) is 1. The number of urea groups is 1. The Labute approximate surface area is 251 Å². The van der Waals surface area contributed by atoms with Crippen molar-refractivity contribution in [2.45, 2.75) is 20.1 Å². The fourth-order valence-electron chi connectivity index (χ4n) is 4.23. The molecule has 0 atom stereocenters. The molecule has 9 heteroatoms. The maximum absolute atomic E-state index is 13.4. The minimum Gasteiger partial charge on any atom is -0.490 e. The van der Waals surface area contributed by atoms with Crippen LogP contribution in [0.25, 0.3) is 6.08 Å². The summed E-state index contributed by atoms with van der Waals surface area (Å²) < 4.78 is 18.5. The van der Waals surface area contributed by atoms with E-state index < -0.39 is 17.8 Å². The molecular formula is C33H27BrN2O6. The maximum atomic E-state index is 13.4. The third kappa shape index (κ3) is 6.87. The average Bonchev–Trinajstić information content (AvgIpc) is 3.00. The van der Waals surface area contributed by atoms with Crippen molar-refractivity contribution in [3.8, 4) is 17.2 Å². The van der Waals surface area contributed by atoms with Crippen molar-refractivity contribution in [1.82, 2.24) is 5.32 Å². The molecule has 1 heterocycles. The van der Waals surface area contributed by atoms with E-state index in [-0.39, 0.29) is 5.57 Å². The number of nitrogens with one attached hydrogen (secondary N) is 1. The van der Waals surface area contributed by atoms with Gasteiger partial charge in [0.25, 0.3) is 11.8 Å². The van der Waals surface area contributed by atoms with Crippen LogP contribution in [0.2, 0.25) is 0 Å². The number of benzene rings is 4. The van der Waals surface area contributed by atoms with Crippen molar-refractivity contribution in [3.63, 3.8) is 0 Å². The number of amides is 4. The molecule has 5 rings (SSSR count). The number of imide groups is 2. The predicted molar refractivity (Wildman–Crippen MR) is 162 cm³/mol. The van der Waals surface area contributed by atoms with Gasteiger partial charge < -0.3 is 14.2 Å². The van der Waals surface area contributed by atoms with Crippen molar-refractivity contribution >= 4 is 45.5 Å². The molecule has 1 saturated heterocycles. The molecule has 0 unspecified atom stereocenters. The standard InChI is InChI=1S/C33H27BrN2O6/c1-2-40-30-19-24(10-17-29(30)42-21-23-8-11-25(34)12-9-23)18-28-31(37)35-33(39)36(32(28)38)26-13-15-27(16-14-26)41-20-22-6-4-3-5-7-22/h3-19H,2,20-21H2,1H3,(H,35,37,39)/b28-18+. The number of rotatable bonds is 10. The lowest BCUT2D eigenvalue weighted by molar-refractivity contribution is -0.122. The Morgan fingerprint density at radius 1 is 0.762 bits per heavy atom. The van der Waals surface area contributed by atoms with Crippen LogP contribution in [0.1, 0.15) is 23.6 Å². The minimum absolute atomic E-state index is 0.190. The lowest BCUT2D eigenvalue weighted by Gasteiger charge is -2.26. The SMILES string of the molecule is CCOc1cc(/C=C2\C(=O)NC(=O)N(c3ccc(OCc4ccccc4)cc3)C2=O)ccc1OCc1ccc(Br)cc1. The van der Waals surface area contributed by atoms with Gasteiger partial charge in [-0.05, 0) is 78.2 Å². The van der Waals surface area contributed by atoms with E-state index in [9.17, 15) is 14.4 Å². The highest BCUT2D eigenvalue weighted by molar-refractivity contribution is 9.10. The molecule has 0 bridgehead atoms. The van der Waals surface area contributed by atoms with Crippen molar-refractivity contribution < 1.29 is 28.6 Å². The summed E-state index contributed by atoms with van der Waals surface area (Å²) in [5.74, 6) is 0.0393. The lowest BCUT2D eigenvalue weighted by atomic mass is 10.1. The molecule has 4 aromatic carbocycles. The number of hydrogen-bond acceptors (Lipinski definition) is 6. The van der Waals surface area contributed by atoms with Gasteiger partial charge in [0.2, 0.25) is 0 Å². The molecular weight excluding hydrogens is 600 g/mol.